The Morgan fingerprint density at radius 2 is 2.33 bits per heavy atom. The standard InChI is InChI=1S/C12H15ClN2/c13-10-2-4-12-9(7-10)1-3-11-8-14-5-6-15(11)12/h2,4,7,11,14H,1,3,5-6,8H2. The van der Waals surface area contributed by atoms with Gasteiger partial charge in [-0.05, 0) is 36.6 Å². The first-order valence-corrected chi connectivity index (χ1v) is 5.98. The summed E-state index contributed by atoms with van der Waals surface area (Å²) < 4.78 is 0. The maximum atomic E-state index is 6.02. The van der Waals surface area contributed by atoms with Crippen molar-refractivity contribution >= 4 is 17.3 Å². The van der Waals surface area contributed by atoms with Gasteiger partial charge in [-0.1, -0.05) is 11.6 Å². The van der Waals surface area contributed by atoms with Gasteiger partial charge in [0.1, 0.15) is 0 Å². The molecule has 1 unspecified atom stereocenters. The van der Waals surface area contributed by atoms with Crippen molar-refractivity contribution in [1.82, 2.24) is 5.32 Å². The second kappa shape index (κ2) is 3.69. The van der Waals surface area contributed by atoms with Crippen LogP contribution >= 0.6 is 11.6 Å². The molecule has 15 heavy (non-hydrogen) atoms. The Morgan fingerprint density at radius 1 is 1.40 bits per heavy atom. The molecular weight excluding hydrogens is 208 g/mol. The van der Waals surface area contributed by atoms with Gasteiger partial charge in [0.15, 0.2) is 0 Å². The van der Waals surface area contributed by atoms with Gasteiger partial charge >= 0.3 is 0 Å². The van der Waals surface area contributed by atoms with Crippen LogP contribution in [0.4, 0.5) is 5.69 Å². The number of hydrogen-bond donors (Lipinski definition) is 1. The Morgan fingerprint density at radius 3 is 3.27 bits per heavy atom. The van der Waals surface area contributed by atoms with Crippen molar-refractivity contribution in [3.05, 3.63) is 28.8 Å². The van der Waals surface area contributed by atoms with Crippen molar-refractivity contribution in [2.45, 2.75) is 18.9 Å². The highest BCUT2D eigenvalue weighted by Gasteiger charge is 2.27. The van der Waals surface area contributed by atoms with E-state index in [-0.39, 0.29) is 0 Å². The first-order valence-electron chi connectivity index (χ1n) is 5.60. The molecule has 3 rings (SSSR count). The van der Waals surface area contributed by atoms with Gasteiger partial charge in [0.2, 0.25) is 0 Å². The third-order valence-corrected chi connectivity index (χ3v) is 3.68. The average Bonchev–Trinajstić information content (AvgIpc) is 2.28. The highest BCUT2D eigenvalue weighted by Crippen LogP contribution is 2.32. The van der Waals surface area contributed by atoms with E-state index in [9.17, 15) is 0 Å². The van der Waals surface area contributed by atoms with E-state index in [4.69, 9.17) is 11.6 Å². The Balaban J connectivity index is 1.99. The molecule has 1 saturated heterocycles. The molecule has 0 saturated carbocycles. The van der Waals surface area contributed by atoms with Gasteiger partial charge in [-0.15, -0.1) is 0 Å². The van der Waals surface area contributed by atoms with E-state index in [2.05, 4.69) is 22.3 Å². The quantitative estimate of drug-likeness (QED) is 0.723. The van der Waals surface area contributed by atoms with E-state index in [1.165, 1.54) is 24.1 Å². The number of benzene rings is 1. The number of rotatable bonds is 0. The van der Waals surface area contributed by atoms with E-state index >= 15 is 0 Å². The smallest absolute Gasteiger partial charge is 0.0418 e. The van der Waals surface area contributed by atoms with E-state index in [0.29, 0.717) is 6.04 Å². The number of fused-ring (bicyclic) bond motifs is 3. The minimum Gasteiger partial charge on any atom is -0.366 e. The molecule has 0 aliphatic carbocycles. The van der Waals surface area contributed by atoms with Crippen molar-refractivity contribution in [1.29, 1.82) is 0 Å². The molecule has 0 amide bonds. The Kier molecular flexibility index (Phi) is 2.33. The minimum absolute atomic E-state index is 0.687. The van der Waals surface area contributed by atoms with Gasteiger partial charge in [-0.25, -0.2) is 0 Å². The van der Waals surface area contributed by atoms with Crippen molar-refractivity contribution in [3.8, 4) is 0 Å². The normalized spacial score (nSPS) is 24.6. The Labute approximate surface area is 95.2 Å². The molecule has 2 aliphatic rings. The van der Waals surface area contributed by atoms with Crippen LogP contribution in [0.15, 0.2) is 18.2 Å². The summed E-state index contributed by atoms with van der Waals surface area (Å²) in [5.74, 6) is 0. The molecule has 0 radical (unpaired) electrons. The highest BCUT2D eigenvalue weighted by molar-refractivity contribution is 6.30. The first kappa shape index (κ1) is 9.49. The van der Waals surface area contributed by atoms with Crippen LogP contribution in [-0.4, -0.2) is 25.7 Å². The second-order valence-corrected chi connectivity index (χ2v) is 4.80. The fraction of sp³-hybridized carbons (Fsp3) is 0.500. The number of halogens is 1. The summed E-state index contributed by atoms with van der Waals surface area (Å²) in [4.78, 5) is 2.53. The molecule has 2 nitrogen and oxygen atoms in total. The maximum absolute atomic E-state index is 6.02. The Hall–Kier alpha value is -0.730. The lowest BCUT2D eigenvalue weighted by Crippen LogP contribution is -2.53. The zero-order valence-electron chi connectivity index (χ0n) is 8.67. The molecule has 3 heteroatoms. The molecule has 2 heterocycles. The van der Waals surface area contributed by atoms with Gasteiger partial charge < -0.3 is 10.2 Å². The van der Waals surface area contributed by atoms with E-state index in [1.54, 1.807) is 0 Å². The van der Waals surface area contributed by atoms with Crippen molar-refractivity contribution < 1.29 is 0 Å². The summed E-state index contributed by atoms with van der Waals surface area (Å²) in [5.41, 5.74) is 2.82. The van der Waals surface area contributed by atoms with Gasteiger partial charge in [0.25, 0.3) is 0 Å². The van der Waals surface area contributed by atoms with Crippen molar-refractivity contribution in [2.24, 2.45) is 0 Å². The van der Waals surface area contributed by atoms with Crippen LogP contribution < -0.4 is 10.2 Å². The predicted molar refractivity (Wildman–Crippen MR) is 63.8 cm³/mol. The van der Waals surface area contributed by atoms with Gasteiger partial charge in [-0.3, -0.25) is 0 Å². The number of nitrogens with one attached hydrogen (secondary N) is 1. The average molecular weight is 223 g/mol. The lowest BCUT2D eigenvalue weighted by atomic mass is 9.94. The van der Waals surface area contributed by atoms with E-state index < -0.39 is 0 Å². The fourth-order valence-corrected chi connectivity index (χ4v) is 2.89. The van der Waals surface area contributed by atoms with Crippen molar-refractivity contribution in [3.63, 3.8) is 0 Å². The molecular formula is C12H15ClN2. The van der Waals surface area contributed by atoms with Crippen LogP contribution in [0.3, 0.4) is 0 Å². The zero-order valence-corrected chi connectivity index (χ0v) is 9.43. The summed E-state index contributed by atoms with van der Waals surface area (Å²) in [6.07, 6.45) is 2.42. The lowest BCUT2D eigenvalue weighted by Gasteiger charge is -2.42. The summed E-state index contributed by atoms with van der Waals surface area (Å²) in [7, 11) is 0. The molecule has 0 spiro atoms. The van der Waals surface area contributed by atoms with Crippen molar-refractivity contribution in [2.75, 3.05) is 24.5 Å². The van der Waals surface area contributed by atoms with Gasteiger partial charge in [0, 0.05) is 36.4 Å². The van der Waals surface area contributed by atoms with Crippen LogP contribution in [0, 0.1) is 0 Å². The van der Waals surface area contributed by atoms with E-state index in [0.717, 1.165) is 24.7 Å². The predicted octanol–water partition coefficient (Wildman–Crippen LogP) is 2.06. The number of piperazine rings is 1. The number of anilines is 1. The minimum atomic E-state index is 0.687. The summed E-state index contributed by atoms with van der Waals surface area (Å²) in [5, 5.41) is 4.32. The zero-order chi connectivity index (χ0) is 10.3. The second-order valence-electron chi connectivity index (χ2n) is 4.36. The SMILES string of the molecule is Clc1ccc2c(c1)CCC1CNCCN21. The molecule has 1 atom stereocenters. The fourth-order valence-electron chi connectivity index (χ4n) is 2.69. The van der Waals surface area contributed by atoms with Crippen LogP contribution in [0.2, 0.25) is 5.02 Å². The van der Waals surface area contributed by atoms with Crippen LogP contribution in [0.25, 0.3) is 0 Å². The largest absolute Gasteiger partial charge is 0.366 e. The molecule has 0 aromatic heterocycles. The van der Waals surface area contributed by atoms with Gasteiger partial charge in [0.05, 0.1) is 0 Å². The van der Waals surface area contributed by atoms with Gasteiger partial charge in [-0.2, -0.15) is 0 Å². The molecule has 1 aromatic carbocycles. The molecule has 1 fully saturated rings. The van der Waals surface area contributed by atoms with E-state index in [1.807, 2.05) is 6.07 Å². The summed E-state index contributed by atoms with van der Waals surface area (Å²) in [6.45, 7) is 3.35. The molecule has 80 valence electrons. The monoisotopic (exact) mass is 222 g/mol. The molecule has 1 aromatic rings. The number of aryl methyl sites for hydroxylation is 1. The van der Waals surface area contributed by atoms with Crippen LogP contribution in [0.1, 0.15) is 12.0 Å². The maximum Gasteiger partial charge on any atom is 0.0418 e. The molecule has 1 N–H and O–H groups in total. The highest BCUT2D eigenvalue weighted by atomic mass is 35.5. The number of hydrogen-bond acceptors (Lipinski definition) is 2. The van der Waals surface area contributed by atoms with Crippen LogP contribution in [0.5, 0.6) is 0 Å². The van der Waals surface area contributed by atoms with Crippen LogP contribution in [-0.2, 0) is 6.42 Å². The summed E-state index contributed by atoms with van der Waals surface area (Å²) in [6, 6.07) is 6.99. The Bertz CT molecular complexity index is 378. The third kappa shape index (κ3) is 1.62. The molecule has 0 bridgehead atoms. The number of nitrogens with zero attached hydrogens (tertiary/aromatic N) is 1. The topological polar surface area (TPSA) is 15.3 Å². The summed E-state index contributed by atoms with van der Waals surface area (Å²) >= 11 is 6.02. The third-order valence-electron chi connectivity index (χ3n) is 3.45. The first-order chi connectivity index (χ1) is 7.34. The lowest BCUT2D eigenvalue weighted by molar-refractivity contribution is 0.440. The molecule has 2 aliphatic heterocycles.